The largest absolute Gasteiger partial charge is 0.444 e. The van der Waals surface area contributed by atoms with E-state index in [1.54, 1.807) is 6.08 Å². The monoisotopic (exact) mass is 550 g/mol. The first kappa shape index (κ1) is 27.8. The molecular weight excluding hydrogens is 508 g/mol. The number of amides is 2. The Labute approximate surface area is 236 Å². The molecule has 0 bridgehead atoms. The maximum Gasteiger partial charge on any atom is 0.410 e. The summed E-state index contributed by atoms with van der Waals surface area (Å²) in [6, 6.07) is 8.78. The van der Waals surface area contributed by atoms with Gasteiger partial charge in [-0.05, 0) is 86.3 Å². The summed E-state index contributed by atoms with van der Waals surface area (Å²) in [7, 11) is 0. The first-order valence-corrected chi connectivity index (χ1v) is 15.0. The molecule has 4 heterocycles. The number of aromatic nitrogens is 2. The molecule has 8 heteroatoms. The second-order valence-electron chi connectivity index (χ2n) is 12.8. The molecule has 0 N–H and O–H groups in total. The van der Waals surface area contributed by atoms with Crippen LogP contribution in [-0.4, -0.2) is 62.4 Å². The Morgan fingerprint density at radius 2 is 1.82 bits per heavy atom. The van der Waals surface area contributed by atoms with Crippen LogP contribution in [0.3, 0.4) is 0 Å². The summed E-state index contributed by atoms with van der Waals surface area (Å²) < 4.78 is 7.87. The van der Waals surface area contributed by atoms with Gasteiger partial charge in [0.15, 0.2) is 0 Å². The molecule has 3 aliphatic rings. The zero-order chi connectivity index (χ0) is 28.2. The van der Waals surface area contributed by atoms with Crippen molar-refractivity contribution in [2.75, 3.05) is 19.6 Å². The normalized spacial score (nSPS) is 22.1. The molecule has 0 aliphatic carbocycles. The van der Waals surface area contributed by atoms with Crippen LogP contribution in [0.25, 0.3) is 11.3 Å². The van der Waals surface area contributed by atoms with Crippen molar-refractivity contribution in [3.63, 3.8) is 0 Å². The van der Waals surface area contributed by atoms with Crippen molar-refractivity contribution in [1.29, 1.82) is 0 Å². The van der Waals surface area contributed by atoms with Gasteiger partial charge in [0.1, 0.15) is 5.60 Å². The van der Waals surface area contributed by atoms with Crippen LogP contribution in [0.15, 0.2) is 41.3 Å². The van der Waals surface area contributed by atoms with E-state index >= 15 is 0 Å². The predicted octanol–water partition coefficient (Wildman–Crippen LogP) is 6.71. The zero-order valence-electron chi connectivity index (χ0n) is 24.4. The van der Waals surface area contributed by atoms with Crippen LogP contribution in [0.4, 0.5) is 4.79 Å². The van der Waals surface area contributed by atoms with Crippen molar-refractivity contribution in [2.45, 2.75) is 101 Å². The Balaban J connectivity index is 1.47. The van der Waals surface area contributed by atoms with Gasteiger partial charge in [0.05, 0.1) is 16.5 Å². The fraction of sp³-hybridized carbons (Fsp3) is 0.581. The molecule has 3 aliphatic heterocycles. The van der Waals surface area contributed by atoms with E-state index in [4.69, 9.17) is 9.84 Å². The molecule has 0 saturated carbocycles. The van der Waals surface area contributed by atoms with Crippen molar-refractivity contribution in [2.24, 2.45) is 0 Å². The van der Waals surface area contributed by atoms with Gasteiger partial charge in [0.25, 0.3) is 0 Å². The number of carbonyl (C=O) groups excluding carboxylic acids is 2. The second-order valence-corrected chi connectivity index (χ2v) is 14.2. The minimum atomic E-state index is -0.520. The molecule has 2 amide bonds. The van der Waals surface area contributed by atoms with E-state index in [1.165, 1.54) is 21.7 Å². The van der Waals surface area contributed by atoms with Gasteiger partial charge in [0, 0.05) is 46.9 Å². The molecular formula is C31H42N4O3S. The standard InChI is InChI=1S/C31H42N4O3S/c1-8-11-25(36)33-18-15-31(16-19-33)26-21(2)35(32-27(26)23-12-9-10-13-24(23)39-31)22-14-17-34(30(6,7)20-22)28(37)38-29(3,4)5/h8-13,22H,14-20H2,1-7H3/b11-8+. The number of carbonyl (C=O) groups is 2. The summed E-state index contributed by atoms with van der Waals surface area (Å²) in [6.07, 6.45) is 6.68. The number of fused-ring (bicyclic) bond motifs is 4. The average Bonchev–Trinajstić information content (AvgIpc) is 3.21. The number of hydrogen-bond acceptors (Lipinski definition) is 5. The van der Waals surface area contributed by atoms with E-state index in [1.807, 2.05) is 55.3 Å². The van der Waals surface area contributed by atoms with Crippen LogP contribution in [0.2, 0.25) is 0 Å². The number of piperidine rings is 2. The van der Waals surface area contributed by atoms with E-state index in [9.17, 15) is 9.59 Å². The van der Waals surface area contributed by atoms with Crippen LogP contribution in [0.5, 0.6) is 0 Å². The van der Waals surface area contributed by atoms with E-state index in [0.29, 0.717) is 6.54 Å². The van der Waals surface area contributed by atoms with Crippen molar-refractivity contribution in [3.05, 3.63) is 47.7 Å². The van der Waals surface area contributed by atoms with Crippen LogP contribution in [0.1, 0.15) is 84.5 Å². The summed E-state index contributed by atoms with van der Waals surface area (Å²) in [5, 5.41) is 5.32. The van der Waals surface area contributed by atoms with Gasteiger partial charge in [0.2, 0.25) is 5.91 Å². The number of allylic oxidation sites excluding steroid dienone is 1. The highest BCUT2D eigenvalue weighted by Gasteiger charge is 2.47. The number of benzene rings is 1. The molecule has 210 valence electrons. The fourth-order valence-corrected chi connectivity index (χ4v) is 8.12. The van der Waals surface area contributed by atoms with Gasteiger partial charge in [-0.2, -0.15) is 5.10 Å². The Morgan fingerprint density at radius 3 is 2.46 bits per heavy atom. The smallest absolute Gasteiger partial charge is 0.410 e. The zero-order valence-corrected chi connectivity index (χ0v) is 25.2. The minimum absolute atomic E-state index is 0.0974. The number of likely N-dealkylation sites (tertiary alicyclic amines) is 2. The molecule has 1 spiro atoms. The maximum absolute atomic E-state index is 13.0. The summed E-state index contributed by atoms with van der Waals surface area (Å²) in [6.45, 7) is 16.2. The van der Waals surface area contributed by atoms with E-state index in [-0.39, 0.29) is 28.3 Å². The third-order valence-electron chi connectivity index (χ3n) is 8.36. The van der Waals surface area contributed by atoms with Gasteiger partial charge >= 0.3 is 6.09 Å². The number of nitrogens with zero attached hydrogens (tertiary/aromatic N) is 4. The van der Waals surface area contributed by atoms with Crippen molar-refractivity contribution < 1.29 is 14.3 Å². The molecule has 1 aromatic heterocycles. The Hall–Kier alpha value is -2.74. The van der Waals surface area contributed by atoms with Crippen molar-refractivity contribution in [3.8, 4) is 11.3 Å². The SMILES string of the molecule is C/C=C/C(=O)N1CCC2(CC1)Sc1ccccc1-c1nn(C3CCN(C(=O)OC(C)(C)C)C(C)(C)C3)c(C)c12. The number of ether oxygens (including phenoxy) is 1. The van der Waals surface area contributed by atoms with E-state index in [2.05, 4.69) is 49.7 Å². The Morgan fingerprint density at radius 1 is 1.13 bits per heavy atom. The molecule has 39 heavy (non-hydrogen) atoms. The molecule has 2 fully saturated rings. The molecule has 1 unspecified atom stereocenters. The summed E-state index contributed by atoms with van der Waals surface area (Å²) in [5.41, 5.74) is 3.95. The highest BCUT2D eigenvalue weighted by Crippen LogP contribution is 2.58. The molecule has 2 saturated heterocycles. The lowest BCUT2D eigenvalue weighted by molar-refractivity contribution is -0.127. The first-order chi connectivity index (χ1) is 18.3. The van der Waals surface area contributed by atoms with E-state index < -0.39 is 5.60 Å². The molecule has 1 atom stereocenters. The van der Waals surface area contributed by atoms with Crippen molar-refractivity contribution in [1.82, 2.24) is 19.6 Å². The minimum Gasteiger partial charge on any atom is -0.444 e. The van der Waals surface area contributed by atoms with Crippen LogP contribution < -0.4 is 0 Å². The number of hydrogen-bond donors (Lipinski definition) is 0. The second kappa shape index (κ2) is 10.0. The first-order valence-electron chi connectivity index (χ1n) is 14.2. The topological polar surface area (TPSA) is 67.7 Å². The quantitative estimate of drug-likeness (QED) is 0.389. The Bertz CT molecular complexity index is 1300. The van der Waals surface area contributed by atoms with Gasteiger partial charge < -0.3 is 14.5 Å². The third-order valence-corrected chi connectivity index (χ3v) is 9.94. The van der Waals surface area contributed by atoms with Crippen molar-refractivity contribution >= 4 is 23.8 Å². The number of thioether (sulfide) groups is 1. The predicted molar refractivity (Wildman–Crippen MR) is 156 cm³/mol. The van der Waals surface area contributed by atoms with Crippen LogP contribution in [0, 0.1) is 6.92 Å². The molecule has 2 aromatic rings. The van der Waals surface area contributed by atoms with Crippen LogP contribution >= 0.6 is 11.8 Å². The number of rotatable bonds is 2. The van der Waals surface area contributed by atoms with Gasteiger partial charge in [-0.1, -0.05) is 24.3 Å². The third kappa shape index (κ3) is 5.12. The van der Waals surface area contributed by atoms with Gasteiger partial charge in [-0.25, -0.2) is 4.79 Å². The fourth-order valence-electron chi connectivity index (χ4n) is 6.54. The lowest BCUT2D eigenvalue weighted by atomic mass is 9.84. The van der Waals surface area contributed by atoms with Gasteiger partial charge in [-0.15, -0.1) is 11.8 Å². The highest BCUT2D eigenvalue weighted by molar-refractivity contribution is 8.00. The lowest BCUT2D eigenvalue weighted by Crippen LogP contribution is -2.54. The molecule has 5 rings (SSSR count). The molecule has 1 aromatic carbocycles. The lowest BCUT2D eigenvalue weighted by Gasteiger charge is -2.46. The summed E-state index contributed by atoms with van der Waals surface area (Å²) in [4.78, 5) is 30.7. The molecule has 0 radical (unpaired) electrons. The van der Waals surface area contributed by atoms with Crippen LogP contribution in [-0.2, 0) is 14.3 Å². The average molecular weight is 551 g/mol. The highest BCUT2D eigenvalue weighted by atomic mass is 32.2. The molecule has 7 nitrogen and oxygen atoms in total. The summed E-state index contributed by atoms with van der Waals surface area (Å²) in [5.74, 6) is 0.0974. The maximum atomic E-state index is 13.0. The summed E-state index contributed by atoms with van der Waals surface area (Å²) >= 11 is 1.95. The van der Waals surface area contributed by atoms with E-state index in [0.717, 1.165) is 44.5 Å². The Kier molecular flexibility index (Phi) is 7.15. The van der Waals surface area contributed by atoms with Gasteiger partial charge in [-0.3, -0.25) is 9.48 Å².